The van der Waals surface area contributed by atoms with Gasteiger partial charge in [-0.3, -0.25) is 9.98 Å². The van der Waals surface area contributed by atoms with Crippen LogP contribution in [0.5, 0.6) is 0 Å². The summed E-state index contributed by atoms with van der Waals surface area (Å²) >= 11 is 1.88. The number of pyridine rings is 2. The van der Waals surface area contributed by atoms with Crippen LogP contribution in [0.2, 0.25) is 0 Å². The minimum atomic E-state index is 0.0191. The van der Waals surface area contributed by atoms with Crippen molar-refractivity contribution in [1.29, 1.82) is 0 Å². The highest BCUT2D eigenvalue weighted by Gasteiger charge is 2.44. The number of aryl methyl sites for hydroxylation is 2. The SMILES string of the molecule is Cc1ccnc(-n2c(C)cc([C@@H]3[C@@H](c4ccccn4)N=C4S[C@@H](C)CN43)c2C)c1. The van der Waals surface area contributed by atoms with Crippen molar-refractivity contribution in [2.24, 2.45) is 4.99 Å². The fourth-order valence-electron chi connectivity index (χ4n) is 4.54. The highest BCUT2D eigenvalue weighted by atomic mass is 32.2. The molecule has 2 aliphatic heterocycles. The highest BCUT2D eigenvalue weighted by molar-refractivity contribution is 8.14. The Hall–Kier alpha value is -2.60. The number of aromatic nitrogens is 3. The van der Waals surface area contributed by atoms with Crippen molar-refractivity contribution >= 4 is 16.9 Å². The molecule has 2 aliphatic rings. The summed E-state index contributed by atoms with van der Waals surface area (Å²) in [5.74, 6) is 0.976. The van der Waals surface area contributed by atoms with Crippen LogP contribution in [0.1, 0.15) is 47.2 Å². The van der Waals surface area contributed by atoms with Crippen molar-refractivity contribution in [1.82, 2.24) is 19.4 Å². The molecule has 0 spiro atoms. The van der Waals surface area contributed by atoms with E-state index in [4.69, 9.17) is 4.99 Å². The number of aliphatic imine (C=N–C) groups is 1. The van der Waals surface area contributed by atoms with Crippen LogP contribution in [0.4, 0.5) is 0 Å². The van der Waals surface area contributed by atoms with Crippen LogP contribution in [-0.4, -0.2) is 36.4 Å². The van der Waals surface area contributed by atoms with Gasteiger partial charge in [-0.2, -0.15) is 0 Å². The Morgan fingerprint density at radius 2 is 1.90 bits per heavy atom. The van der Waals surface area contributed by atoms with E-state index in [0.29, 0.717) is 5.25 Å². The Balaban J connectivity index is 1.63. The van der Waals surface area contributed by atoms with Crippen molar-refractivity contribution in [2.75, 3.05) is 6.54 Å². The van der Waals surface area contributed by atoms with Gasteiger partial charge in [0.2, 0.25) is 0 Å². The van der Waals surface area contributed by atoms with E-state index >= 15 is 0 Å². The molecule has 0 radical (unpaired) electrons. The number of nitrogens with zero attached hydrogens (tertiary/aromatic N) is 5. The van der Waals surface area contributed by atoms with E-state index in [2.05, 4.69) is 71.4 Å². The molecule has 0 amide bonds. The first kappa shape index (κ1) is 18.4. The zero-order chi connectivity index (χ0) is 20.1. The van der Waals surface area contributed by atoms with E-state index in [1.807, 2.05) is 36.3 Å². The van der Waals surface area contributed by atoms with Gasteiger partial charge in [-0.25, -0.2) is 4.98 Å². The summed E-state index contributed by atoms with van der Waals surface area (Å²) in [6.45, 7) is 9.76. The van der Waals surface area contributed by atoms with Crippen molar-refractivity contribution in [2.45, 2.75) is 45.0 Å². The average Bonchev–Trinajstić information content (AvgIpc) is 3.32. The number of hydrogen-bond donors (Lipinski definition) is 0. The molecule has 0 aromatic carbocycles. The molecule has 0 bridgehead atoms. The smallest absolute Gasteiger partial charge is 0.160 e. The quantitative estimate of drug-likeness (QED) is 0.631. The topological polar surface area (TPSA) is 46.3 Å². The third-order valence-electron chi connectivity index (χ3n) is 5.80. The van der Waals surface area contributed by atoms with Crippen LogP contribution < -0.4 is 0 Å². The van der Waals surface area contributed by atoms with Gasteiger partial charge >= 0.3 is 0 Å². The van der Waals surface area contributed by atoms with E-state index in [9.17, 15) is 0 Å². The van der Waals surface area contributed by atoms with Gasteiger partial charge in [-0.15, -0.1) is 0 Å². The zero-order valence-electron chi connectivity index (χ0n) is 17.2. The summed E-state index contributed by atoms with van der Waals surface area (Å²) in [6.07, 6.45) is 3.75. The van der Waals surface area contributed by atoms with Crippen LogP contribution in [0, 0.1) is 20.8 Å². The Morgan fingerprint density at radius 1 is 1.03 bits per heavy atom. The molecule has 3 aromatic rings. The van der Waals surface area contributed by atoms with Gasteiger partial charge < -0.3 is 9.47 Å². The maximum absolute atomic E-state index is 5.11. The summed E-state index contributed by atoms with van der Waals surface area (Å²) in [5.41, 5.74) is 5.99. The number of thioether (sulfide) groups is 1. The standard InChI is InChI=1S/C23H25N5S/c1-14-8-10-25-20(11-14)28-15(2)12-18(17(28)4)22-21(19-7-5-6-9-24-19)26-23-27(22)13-16(3)29-23/h5-12,16,21-22H,13H2,1-4H3/t16-,21+,22+/m0/s1. The molecule has 5 heterocycles. The molecule has 5 nitrogen and oxygen atoms in total. The summed E-state index contributed by atoms with van der Waals surface area (Å²) in [6, 6.07) is 12.8. The van der Waals surface area contributed by atoms with Crippen LogP contribution >= 0.6 is 11.8 Å². The molecular formula is C23H25N5S. The third-order valence-corrected chi connectivity index (χ3v) is 6.90. The lowest BCUT2D eigenvalue weighted by Gasteiger charge is -2.27. The molecule has 0 N–H and O–H groups in total. The Bertz CT molecular complexity index is 1090. The van der Waals surface area contributed by atoms with Crippen molar-refractivity contribution in [3.8, 4) is 5.82 Å². The maximum atomic E-state index is 5.11. The molecule has 29 heavy (non-hydrogen) atoms. The van der Waals surface area contributed by atoms with Gasteiger partial charge in [0.15, 0.2) is 5.17 Å². The van der Waals surface area contributed by atoms with Gasteiger partial charge in [0.05, 0.1) is 11.7 Å². The second-order valence-corrected chi connectivity index (χ2v) is 9.40. The van der Waals surface area contributed by atoms with Crippen LogP contribution in [0.25, 0.3) is 5.82 Å². The van der Waals surface area contributed by atoms with Crippen LogP contribution in [-0.2, 0) is 0 Å². The van der Waals surface area contributed by atoms with Gasteiger partial charge in [0.25, 0.3) is 0 Å². The molecule has 0 aliphatic carbocycles. The molecule has 1 fully saturated rings. The van der Waals surface area contributed by atoms with Gasteiger partial charge in [0, 0.05) is 35.6 Å². The summed E-state index contributed by atoms with van der Waals surface area (Å²) in [5, 5.41) is 1.71. The van der Waals surface area contributed by atoms with E-state index in [1.165, 1.54) is 22.5 Å². The first-order valence-electron chi connectivity index (χ1n) is 10.1. The molecular weight excluding hydrogens is 378 g/mol. The molecule has 3 atom stereocenters. The van der Waals surface area contributed by atoms with Crippen LogP contribution in [0.3, 0.4) is 0 Å². The molecule has 0 unspecified atom stereocenters. The Kier molecular flexibility index (Phi) is 4.46. The molecule has 3 aromatic heterocycles. The van der Waals surface area contributed by atoms with Gasteiger partial charge in [-0.05, 0) is 62.2 Å². The zero-order valence-corrected chi connectivity index (χ0v) is 18.0. The molecule has 1 saturated heterocycles. The normalized spacial score (nSPS) is 23.4. The van der Waals surface area contributed by atoms with Gasteiger partial charge in [-0.1, -0.05) is 24.8 Å². The van der Waals surface area contributed by atoms with Crippen molar-refractivity contribution in [3.63, 3.8) is 0 Å². The largest absolute Gasteiger partial charge is 0.341 e. The third kappa shape index (κ3) is 3.06. The molecule has 6 heteroatoms. The van der Waals surface area contributed by atoms with Crippen molar-refractivity contribution < 1.29 is 0 Å². The fourth-order valence-corrected chi connectivity index (χ4v) is 5.63. The monoisotopic (exact) mass is 403 g/mol. The molecule has 148 valence electrons. The number of fused-ring (bicyclic) bond motifs is 1. The second-order valence-electron chi connectivity index (χ2n) is 7.99. The fraction of sp³-hybridized carbons (Fsp3) is 0.348. The minimum Gasteiger partial charge on any atom is -0.341 e. The lowest BCUT2D eigenvalue weighted by molar-refractivity contribution is 0.320. The van der Waals surface area contributed by atoms with Gasteiger partial charge in [0.1, 0.15) is 11.9 Å². The predicted molar refractivity (Wildman–Crippen MR) is 119 cm³/mol. The van der Waals surface area contributed by atoms with E-state index < -0.39 is 0 Å². The Morgan fingerprint density at radius 3 is 2.66 bits per heavy atom. The molecule has 5 rings (SSSR count). The summed E-state index contributed by atoms with van der Waals surface area (Å²) < 4.78 is 2.27. The lowest BCUT2D eigenvalue weighted by Crippen LogP contribution is -2.28. The first-order valence-corrected chi connectivity index (χ1v) is 10.9. The second kappa shape index (κ2) is 7.02. The van der Waals surface area contributed by atoms with E-state index in [1.54, 1.807) is 0 Å². The predicted octanol–water partition coefficient (Wildman–Crippen LogP) is 4.78. The number of amidine groups is 1. The van der Waals surface area contributed by atoms with Crippen LogP contribution in [0.15, 0.2) is 53.8 Å². The van der Waals surface area contributed by atoms with Crippen molar-refractivity contribution in [3.05, 3.63) is 77.0 Å². The number of hydrogen-bond acceptors (Lipinski definition) is 5. The first-order chi connectivity index (χ1) is 14.0. The molecule has 0 saturated carbocycles. The maximum Gasteiger partial charge on any atom is 0.160 e. The average molecular weight is 404 g/mol. The Labute approximate surface area is 175 Å². The summed E-state index contributed by atoms with van der Waals surface area (Å²) in [4.78, 5) is 16.9. The minimum absolute atomic E-state index is 0.0191. The summed E-state index contributed by atoms with van der Waals surface area (Å²) in [7, 11) is 0. The number of rotatable bonds is 3. The van der Waals surface area contributed by atoms with E-state index in [-0.39, 0.29) is 12.1 Å². The highest BCUT2D eigenvalue weighted by Crippen LogP contribution is 2.48. The van der Waals surface area contributed by atoms with E-state index in [0.717, 1.165) is 23.2 Å². The lowest BCUT2D eigenvalue weighted by atomic mass is 9.96.